The lowest BCUT2D eigenvalue weighted by Gasteiger charge is -2.05. The molecule has 0 saturated carbocycles. The van der Waals surface area contributed by atoms with Crippen LogP contribution in [0.25, 0.3) is 6.08 Å². The van der Waals surface area contributed by atoms with E-state index in [1.165, 1.54) is 24.3 Å². The number of nitriles is 1. The van der Waals surface area contributed by atoms with Crippen molar-refractivity contribution < 1.29 is 14.7 Å². The monoisotopic (exact) mass is 323 g/mol. The van der Waals surface area contributed by atoms with Crippen LogP contribution in [0.1, 0.15) is 27.3 Å². The molecule has 24 heavy (non-hydrogen) atoms. The second-order valence-corrected chi connectivity index (χ2v) is 5.40. The van der Waals surface area contributed by atoms with Crippen molar-refractivity contribution in [3.8, 4) is 6.07 Å². The van der Waals surface area contributed by atoms with Gasteiger partial charge in [0.2, 0.25) is 0 Å². The standard InChI is InChI=1S/C18H17N3O3/c1-11-7-14(12(2)21(11)3)8-15(10-19)17(22)20-16-6-4-5-13(9-16)18(23)24/h4-9H,1-3H3,(H,20,22)(H,23,24)/b15-8-. The van der Waals surface area contributed by atoms with Crippen molar-refractivity contribution in [1.29, 1.82) is 5.26 Å². The fraction of sp³-hybridized carbons (Fsp3) is 0.167. The molecular weight excluding hydrogens is 306 g/mol. The van der Waals surface area contributed by atoms with Gasteiger partial charge in [-0.05, 0) is 49.8 Å². The first-order valence-corrected chi connectivity index (χ1v) is 7.23. The summed E-state index contributed by atoms with van der Waals surface area (Å²) in [6, 6.07) is 9.64. The summed E-state index contributed by atoms with van der Waals surface area (Å²) in [4.78, 5) is 23.2. The first-order valence-electron chi connectivity index (χ1n) is 7.23. The van der Waals surface area contributed by atoms with Crippen LogP contribution in [0.15, 0.2) is 35.9 Å². The second-order valence-electron chi connectivity index (χ2n) is 5.40. The molecule has 0 unspecified atom stereocenters. The topological polar surface area (TPSA) is 95.1 Å². The summed E-state index contributed by atoms with van der Waals surface area (Å²) >= 11 is 0. The molecule has 1 aromatic carbocycles. The van der Waals surface area contributed by atoms with Crippen LogP contribution in [-0.4, -0.2) is 21.6 Å². The average Bonchev–Trinajstić information content (AvgIpc) is 2.79. The molecule has 2 aromatic rings. The Bertz CT molecular complexity index is 885. The highest BCUT2D eigenvalue weighted by molar-refractivity contribution is 6.10. The average molecular weight is 323 g/mol. The molecule has 122 valence electrons. The predicted octanol–water partition coefficient (Wildman–Crippen LogP) is 2.89. The summed E-state index contributed by atoms with van der Waals surface area (Å²) < 4.78 is 1.97. The van der Waals surface area contributed by atoms with Crippen molar-refractivity contribution in [3.05, 3.63) is 58.4 Å². The van der Waals surface area contributed by atoms with Crippen molar-refractivity contribution >= 4 is 23.6 Å². The summed E-state index contributed by atoms with van der Waals surface area (Å²) in [6.07, 6.45) is 1.53. The molecule has 0 radical (unpaired) electrons. The minimum absolute atomic E-state index is 0.0515. The highest BCUT2D eigenvalue weighted by atomic mass is 16.4. The van der Waals surface area contributed by atoms with E-state index in [1.54, 1.807) is 6.07 Å². The van der Waals surface area contributed by atoms with E-state index >= 15 is 0 Å². The Morgan fingerprint density at radius 2 is 2.00 bits per heavy atom. The van der Waals surface area contributed by atoms with Crippen LogP contribution in [0.4, 0.5) is 5.69 Å². The maximum absolute atomic E-state index is 12.3. The molecule has 6 nitrogen and oxygen atoms in total. The number of hydrogen-bond donors (Lipinski definition) is 2. The molecule has 6 heteroatoms. The van der Waals surface area contributed by atoms with Crippen LogP contribution in [0.2, 0.25) is 0 Å². The number of nitrogens with zero attached hydrogens (tertiary/aromatic N) is 2. The quantitative estimate of drug-likeness (QED) is 0.668. The number of carbonyl (C=O) groups is 2. The van der Waals surface area contributed by atoms with E-state index in [4.69, 9.17) is 5.11 Å². The number of rotatable bonds is 4. The van der Waals surface area contributed by atoms with Crippen LogP contribution < -0.4 is 5.32 Å². The van der Waals surface area contributed by atoms with Crippen molar-refractivity contribution in [2.75, 3.05) is 5.32 Å². The lowest BCUT2D eigenvalue weighted by Crippen LogP contribution is -2.14. The number of aryl methyl sites for hydroxylation is 1. The van der Waals surface area contributed by atoms with Crippen LogP contribution in [0, 0.1) is 25.2 Å². The number of aromatic carboxylic acids is 1. The van der Waals surface area contributed by atoms with Crippen molar-refractivity contribution in [1.82, 2.24) is 4.57 Å². The van der Waals surface area contributed by atoms with Gasteiger partial charge in [0.25, 0.3) is 5.91 Å². The van der Waals surface area contributed by atoms with Crippen LogP contribution in [-0.2, 0) is 11.8 Å². The second kappa shape index (κ2) is 6.84. The van der Waals surface area contributed by atoms with Crippen molar-refractivity contribution in [3.63, 3.8) is 0 Å². The van der Waals surface area contributed by atoms with Gasteiger partial charge in [0.05, 0.1) is 5.56 Å². The van der Waals surface area contributed by atoms with E-state index in [-0.39, 0.29) is 11.1 Å². The Labute approximate surface area is 139 Å². The molecule has 1 aromatic heterocycles. The Kier molecular flexibility index (Phi) is 4.85. The third-order valence-electron chi connectivity index (χ3n) is 3.85. The summed E-state index contributed by atoms with van der Waals surface area (Å²) in [6.45, 7) is 3.84. The summed E-state index contributed by atoms with van der Waals surface area (Å²) in [5.41, 5.74) is 3.09. The molecule has 0 saturated heterocycles. The molecule has 0 bridgehead atoms. The van der Waals surface area contributed by atoms with E-state index in [0.717, 1.165) is 17.0 Å². The predicted molar refractivity (Wildman–Crippen MR) is 90.5 cm³/mol. The number of carbonyl (C=O) groups excluding carboxylic acids is 1. The zero-order valence-corrected chi connectivity index (χ0v) is 13.6. The van der Waals surface area contributed by atoms with Crippen LogP contribution in [0.5, 0.6) is 0 Å². The summed E-state index contributed by atoms with van der Waals surface area (Å²) in [5.74, 6) is -1.67. The zero-order chi connectivity index (χ0) is 17.9. The first-order chi connectivity index (χ1) is 11.3. The molecule has 0 fully saturated rings. The molecule has 2 N–H and O–H groups in total. The fourth-order valence-electron chi connectivity index (χ4n) is 2.26. The van der Waals surface area contributed by atoms with E-state index < -0.39 is 11.9 Å². The lowest BCUT2D eigenvalue weighted by molar-refractivity contribution is -0.112. The lowest BCUT2D eigenvalue weighted by atomic mass is 10.1. The highest BCUT2D eigenvalue weighted by Crippen LogP contribution is 2.18. The maximum Gasteiger partial charge on any atom is 0.335 e. The van der Waals surface area contributed by atoms with Gasteiger partial charge in [0.1, 0.15) is 11.6 Å². The van der Waals surface area contributed by atoms with Gasteiger partial charge < -0.3 is 15.0 Å². The molecule has 1 amide bonds. The van der Waals surface area contributed by atoms with E-state index in [9.17, 15) is 14.9 Å². The first kappa shape index (κ1) is 17.0. The van der Waals surface area contributed by atoms with Gasteiger partial charge in [-0.1, -0.05) is 6.07 Å². The Hall–Kier alpha value is -3.33. The molecule has 0 atom stereocenters. The van der Waals surface area contributed by atoms with Crippen LogP contribution in [0.3, 0.4) is 0 Å². The number of carboxylic acid groups (broad SMARTS) is 1. The molecule has 0 spiro atoms. The number of carboxylic acids is 1. The van der Waals surface area contributed by atoms with Crippen molar-refractivity contribution in [2.24, 2.45) is 7.05 Å². The minimum atomic E-state index is -1.09. The van der Waals surface area contributed by atoms with E-state index in [0.29, 0.717) is 5.69 Å². The number of benzene rings is 1. The van der Waals surface area contributed by atoms with Gasteiger partial charge in [0, 0.05) is 24.1 Å². The molecule has 0 aliphatic heterocycles. The Morgan fingerprint density at radius 1 is 1.29 bits per heavy atom. The number of amides is 1. The highest BCUT2D eigenvalue weighted by Gasteiger charge is 2.13. The largest absolute Gasteiger partial charge is 0.478 e. The van der Waals surface area contributed by atoms with Gasteiger partial charge >= 0.3 is 5.97 Å². The summed E-state index contributed by atoms with van der Waals surface area (Å²) in [5, 5.41) is 20.8. The van der Waals surface area contributed by atoms with Gasteiger partial charge in [-0.3, -0.25) is 4.79 Å². The Balaban J connectivity index is 2.28. The summed E-state index contributed by atoms with van der Waals surface area (Å²) in [7, 11) is 1.91. The molecule has 0 aliphatic carbocycles. The van der Waals surface area contributed by atoms with E-state index in [1.807, 2.05) is 37.6 Å². The number of anilines is 1. The van der Waals surface area contributed by atoms with Gasteiger partial charge in [-0.2, -0.15) is 5.26 Å². The van der Waals surface area contributed by atoms with Crippen LogP contribution >= 0.6 is 0 Å². The van der Waals surface area contributed by atoms with Gasteiger partial charge in [-0.25, -0.2) is 4.79 Å². The normalized spacial score (nSPS) is 11.0. The zero-order valence-electron chi connectivity index (χ0n) is 13.6. The maximum atomic E-state index is 12.3. The van der Waals surface area contributed by atoms with E-state index in [2.05, 4.69) is 5.32 Å². The van der Waals surface area contributed by atoms with Gasteiger partial charge in [0.15, 0.2) is 0 Å². The smallest absolute Gasteiger partial charge is 0.335 e. The number of aromatic nitrogens is 1. The molecule has 0 aliphatic rings. The molecular formula is C18H17N3O3. The minimum Gasteiger partial charge on any atom is -0.478 e. The van der Waals surface area contributed by atoms with Crippen molar-refractivity contribution in [2.45, 2.75) is 13.8 Å². The van der Waals surface area contributed by atoms with Gasteiger partial charge in [-0.15, -0.1) is 0 Å². The third kappa shape index (κ3) is 3.52. The fourth-order valence-corrected chi connectivity index (χ4v) is 2.26. The third-order valence-corrected chi connectivity index (χ3v) is 3.85. The number of nitrogens with one attached hydrogen (secondary N) is 1. The SMILES string of the molecule is Cc1cc(/C=C(/C#N)C(=O)Nc2cccc(C(=O)O)c2)c(C)n1C. The molecule has 1 heterocycles. The molecule has 2 rings (SSSR count). The number of hydrogen-bond acceptors (Lipinski definition) is 3. The Morgan fingerprint density at radius 3 is 2.54 bits per heavy atom.